The maximum absolute atomic E-state index is 11.2. The lowest BCUT2D eigenvalue weighted by Crippen LogP contribution is -2.27. The molecule has 0 spiro atoms. The summed E-state index contributed by atoms with van der Waals surface area (Å²) in [5.41, 5.74) is 0. The van der Waals surface area contributed by atoms with E-state index >= 15 is 0 Å². The van der Waals surface area contributed by atoms with Gasteiger partial charge in [0.1, 0.15) is 0 Å². The van der Waals surface area contributed by atoms with Crippen LogP contribution < -0.4 is 0 Å². The van der Waals surface area contributed by atoms with Gasteiger partial charge in [0.15, 0.2) is 0 Å². The van der Waals surface area contributed by atoms with Crippen molar-refractivity contribution < 1.29 is 9.53 Å². The summed E-state index contributed by atoms with van der Waals surface area (Å²) in [6.45, 7) is 6.54. The summed E-state index contributed by atoms with van der Waals surface area (Å²) in [5, 5.41) is 7.34. The number of nitrogens with one attached hydrogen (secondary N) is 1. The molecular weight excluding hydrogens is 180 g/mol. The molecule has 0 aliphatic carbocycles. The first-order valence-electron chi connectivity index (χ1n) is 4.92. The van der Waals surface area contributed by atoms with Crippen LogP contribution in [-0.4, -0.2) is 36.9 Å². The Morgan fingerprint density at radius 1 is 1.57 bits per heavy atom. The minimum absolute atomic E-state index is 0.0863. The van der Waals surface area contributed by atoms with Crippen molar-refractivity contribution in [3.63, 3.8) is 0 Å². The van der Waals surface area contributed by atoms with E-state index in [1.807, 2.05) is 18.9 Å². The lowest BCUT2D eigenvalue weighted by Gasteiger charge is -2.19. The average Bonchev–Trinajstić information content (AvgIpc) is 2.13. The maximum atomic E-state index is 11.2. The van der Waals surface area contributed by atoms with Crippen LogP contribution in [0.3, 0.4) is 0 Å². The van der Waals surface area contributed by atoms with Crippen LogP contribution in [-0.2, 0) is 9.53 Å². The molecule has 0 amide bonds. The molecule has 1 atom stereocenters. The fraction of sp³-hybridized carbons (Fsp3) is 0.800. The van der Waals surface area contributed by atoms with Gasteiger partial charge in [0, 0.05) is 13.6 Å². The zero-order valence-electron chi connectivity index (χ0n) is 9.46. The third-order valence-corrected chi connectivity index (χ3v) is 2.16. The molecule has 0 aliphatic heterocycles. The number of rotatable bonds is 5. The predicted molar refractivity (Wildman–Crippen MR) is 56.4 cm³/mol. The normalized spacial score (nSPS) is 12.0. The summed E-state index contributed by atoms with van der Waals surface area (Å²) in [4.78, 5) is 13.0. The van der Waals surface area contributed by atoms with Crippen LogP contribution in [0.1, 0.15) is 27.2 Å². The molecule has 1 N–H and O–H groups in total. The van der Waals surface area contributed by atoms with E-state index in [2.05, 4.69) is 0 Å². The number of nitrogens with zero attached hydrogens (tertiary/aromatic N) is 1. The zero-order chi connectivity index (χ0) is 11.1. The van der Waals surface area contributed by atoms with Crippen LogP contribution in [0.25, 0.3) is 0 Å². The molecule has 0 aromatic rings. The number of hydrogen-bond donors (Lipinski definition) is 1. The molecule has 0 saturated carbocycles. The highest BCUT2D eigenvalue weighted by molar-refractivity contribution is 5.76. The molecule has 0 saturated heterocycles. The van der Waals surface area contributed by atoms with Gasteiger partial charge in [-0.25, -0.2) is 0 Å². The first-order chi connectivity index (χ1) is 6.49. The Kier molecular flexibility index (Phi) is 5.92. The van der Waals surface area contributed by atoms with Crippen LogP contribution in [0.4, 0.5) is 0 Å². The molecule has 82 valence electrons. The highest BCUT2D eigenvalue weighted by Crippen LogP contribution is 2.05. The fourth-order valence-electron chi connectivity index (χ4n) is 0.957. The zero-order valence-corrected chi connectivity index (χ0v) is 9.46. The minimum atomic E-state index is -0.150. The summed E-state index contributed by atoms with van der Waals surface area (Å²) >= 11 is 0. The Morgan fingerprint density at radius 3 is 2.57 bits per heavy atom. The Bertz CT molecular complexity index is 204. The van der Waals surface area contributed by atoms with Crippen LogP contribution in [0.5, 0.6) is 0 Å². The van der Waals surface area contributed by atoms with Crippen molar-refractivity contribution in [3.8, 4) is 0 Å². The van der Waals surface area contributed by atoms with Crippen molar-refractivity contribution in [1.82, 2.24) is 4.90 Å². The van der Waals surface area contributed by atoms with Crippen molar-refractivity contribution in [3.05, 3.63) is 0 Å². The highest BCUT2D eigenvalue weighted by Gasteiger charge is 2.14. The molecule has 14 heavy (non-hydrogen) atoms. The smallest absolute Gasteiger partial charge is 0.308 e. The van der Waals surface area contributed by atoms with Gasteiger partial charge in [-0.3, -0.25) is 10.2 Å². The number of hydrogen-bond acceptors (Lipinski definition) is 3. The number of esters is 1. The third kappa shape index (κ3) is 4.84. The highest BCUT2D eigenvalue weighted by atomic mass is 16.5. The molecule has 0 bridgehead atoms. The van der Waals surface area contributed by atoms with E-state index in [9.17, 15) is 4.79 Å². The Morgan fingerprint density at radius 2 is 2.14 bits per heavy atom. The van der Waals surface area contributed by atoms with Gasteiger partial charge < -0.3 is 9.64 Å². The predicted octanol–water partition coefficient (Wildman–Crippen LogP) is 1.50. The Labute approximate surface area is 85.7 Å². The number of amidine groups is 1. The third-order valence-electron chi connectivity index (χ3n) is 2.16. The summed E-state index contributed by atoms with van der Waals surface area (Å²) < 4.78 is 4.89. The molecule has 0 aromatic carbocycles. The summed E-state index contributed by atoms with van der Waals surface area (Å²) in [6.07, 6.45) is 0.728. The summed E-state index contributed by atoms with van der Waals surface area (Å²) in [7, 11) is 1.85. The maximum Gasteiger partial charge on any atom is 0.308 e. The number of ether oxygens (including phenoxy) is 1. The Hall–Kier alpha value is -1.06. The van der Waals surface area contributed by atoms with E-state index in [-0.39, 0.29) is 11.9 Å². The molecular formula is C10H20N2O2. The molecule has 0 aromatic heterocycles. The molecule has 0 fully saturated rings. The SMILES string of the molecule is CCOC(=O)C(C)CCN(C)C(C)=N. The average molecular weight is 200 g/mol. The second kappa shape index (κ2) is 6.40. The molecule has 0 rings (SSSR count). The second-order valence-corrected chi connectivity index (χ2v) is 3.45. The molecule has 0 radical (unpaired) electrons. The van der Waals surface area contributed by atoms with E-state index in [1.165, 1.54) is 0 Å². The van der Waals surface area contributed by atoms with Crippen molar-refractivity contribution >= 4 is 11.8 Å². The van der Waals surface area contributed by atoms with Crippen molar-refractivity contribution in [2.75, 3.05) is 20.2 Å². The number of carbonyl (C=O) groups excluding carboxylic acids is 1. The first-order valence-corrected chi connectivity index (χ1v) is 4.92. The topological polar surface area (TPSA) is 53.4 Å². The lowest BCUT2D eigenvalue weighted by molar-refractivity contribution is -0.147. The summed E-state index contributed by atoms with van der Waals surface area (Å²) in [6, 6.07) is 0. The standard InChI is InChI=1S/C10H20N2O2/c1-5-14-10(13)8(2)6-7-12(4)9(3)11/h8,11H,5-7H2,1-4H3. The second-order valence-electron chi connectivity index (χ2n) is 3.45. The van der Waals surface area contributed by atoms with Crippen LogP contribution >= 0.6 is 0 Å². The van der Waals surface area contributed by atoms with Crippen LogP contribution in [0, 0.1) is 11.3 Å². The fourth-order valence-corrected chi connectivity index (χ4v) is 0.957. The van der Waals surface area contributed by atoms with Gasteiger partial charge in [0.25, 0.3) is 0 Å². The van der Waals surface area contributed by atoms with E-state index < -0.39 is 0 Å². The van der Waals surface area contributed by atoms with Crippen LogP contribution in [0.15, 0.2) is 0 Å². The van der Waals surface area contributed by atoms with E-state index in [0.29, 0.717) is 12.4 Å². The largest absolute Gasteiger partial charge is 0.466 e. The van der Waals surface area contributed by atoms with E-state index in [0.717, 1.165) is 13.0 Å². The van der Waals surface area contributed by atoms with Crippen molar-refractivity contribution in [1.29, 1.82) is 5.41 Å². The summed E-state index contributed by atoms with van der Waals surface area (Å²) in [5.74, 6) is 0.279. The lowest BCUT2D eigenvalue weighted by atomic mass is 10.1. The molecule has 4 nitrogen and oxygen atoms in total. The van der Waals surface area contributed by atoms with Gasteiger partial charge in [-0.2, -0.15) is 0 Å². The van der Waals surface area contributed by atoms with Crippen LogP contribution in [0.2, 0.25) is 0 Å². The van der Waals surface area contributed by atoms with Gasteiger partial charge in [0.2, 0.25) is 0 Å². The molecule has 0 heterocycles. The van der Waals surface area contributed by atoms with Gasteiger partial charge in [0.05, 0.1) is 18.4 Å². The monoisotopic (exact) mass is 200 g/mol. The van der Waals surface area contributed by atoms with Gasteiger partial charge in [-0.05, 0) is 20.3 Å². The quantitative estimate of drug-likeness (QED) is 0.416. The minimum Gasteiger partial charge on any atom is -0.466 e. The van der Waals surface area contributed by atoms with Crippen molar-refractivity contribution in [2.45, 2.75) is 27.2 Å². The Balaban J connectivity index is 3.78. The first kappa shape index (κ1) is 12.9. The molecule has 0 aliphatic rings. The van der Waals surface area contributed by atoms with Gasteiger partial charge in [-0.1, -0.05) is 6.92 Å². The van der Waals surface area contributed by atoms with Gasteiger partial charge in [-0.15, -0.1) is 0 Å². The van der Waals surface area contributed by atoms with E-state index in [4.69, 9.17) is 10.1 Å². The van der Waals surface area contributed by atoms with E-state index in [1.54, 1.807) is 13.8 Å². The molecule has 4 heteroatoms. The molecule has 1 unspecified atom stereocenters. The van der Waals surface area contributed by atoms with Crippen molar-refractivity contribution in [2.24, 2.45) is 5.92 Å². The number of carbonyl (C=O) groups is 1. The van der Waals surface area contributed by atoms with Gasteiger partial charge >= 0.3 is 5.97 Å².